The molecule has 5 aromatic rings. The average Bonchev–Trinajstić information content (AvgIpc) is 3.72. The molecule has 8 heteroatoms. The molecule has 3 aliphatic rings. The molecule has 0 spiro atoms. The first kappa shape index (κ1) is 24.4. The van der Waals surface area contributed by atoms with Crippen molar-refractivity contribution in [2.24, 2.45) is 5.92 Å². The number of fused-ring (bicyclic) bond motifs is 4. The molecule has 5 atom stereocenters. The minimum atomic E-state index is -0.570. The number of benzene rings is 4. The normalized spacial score (nSPS) is 24.1. The molecule has 0 saturated carbocycles. The van der Waals surface area contributed by atoms with Gasteiger partial charge in [-0.1, -0.05) is 24.3 Å². The average molecular weight is 566 g/mol. The molecule has 4 unspecified atom stereocenters. The Morgan fingerprint density at radius 1 is 0.780 bits per heavy atom. The highest BCUT2D eigenvalue weighted by Crippen LogP contribution is 2.49. The third kappa shape index (κ3) is 4.13. The molecule has 7 nitrogen and oxygen atoms in total. The maximum Gasteiger partial charge on any atom is 0.344 e. The van der Waals surface area contributed by atoms with Gasteiger partial charge in [0.25, 0.3) is 0 Å². The first-order valence-corrected chi connectivity index (χ1v) is 14.8. The number of carbonyl (C=O) groups is 2. The van der Waals surface area contributed by atoms with Crippen molar-refractivity contribution in [3.8, 4) is 22.1 Å². The van der Waals surface area contributed by atoms with Crippen molar-refractivity contribution >= 4 is 42.6 Å². The summed E-state index contributed by atoms with van der Waals surface area (Å²) in [5.74, 6) is 0.890. The molecule has 0 amide bonds. The third-order valence-electron chi connectivity index (χ3n) is 8.03. The second-order valence-corrected chi connectivity index (χ2v) is 12.4. The van der Waals surface area contributed by atoms with Crippen LogP contribution in [-0.4, -0.2) is 43.0 Å². The van der Waals surface area contributed by atoms with Crippen LogP contribution in [0.2, 0.25) is 0 Å². The van der Waals surface area contributed by atoms with Crippen LogP contribution in [0.25, 0.3) is 25.1 Å². The standard InChI is InChI=1S/C33H25O7S/c34-29(39-31-26-17-25-30(38-26)32(31)40-33(25)35)18-36-19-9-11-20(12-10-19)37-21-13-15-22(16-14-21)41-27-7-3-1-5-23(27)24-6-2-4-8-28(24)41/h1-16,25-26,30-32H,17-18H2/q+1/t25?,26?,30?,31-,32?/m1/s1. The third-order valence-corrected chi connectivity index (χ3v) is 10.4. The van der Waals surface area contributed by atoms with Gasteiger partial charge in [-0.2, -0.15) is 0 Å². The Bertz CT molecular complexity index is 1740. The van der Waals surface area contributed by atoms with Crippen molar-refractivity contribution in [3.63, 3.8) is 0 Å². The summed E-state index contributed by atoms with van der Waals surface area (Å²) in [5.41, 5.74) is 0. The zero-order chi connectivity index (χ0) is 27.5. The smallest absolute Gasteiger partial charge is 0.344 e. The van der Waals surface area contributed by atoms with Crippen molar-refractivity contribution in [1.82, 2.24) is 0 Å². The van der Waals surface area contributed by atoms with E-state index in [0.717, 1.165) is 5.75 Å². The molecule has 204 valence electrons. The minimum absolute atomic E-state index is 0.148. The molecule has 4 heterocycles. The van der Waals surface area contributed by atoms with E-state index in [1.807, 2.05) is 12.1 Å². The number of esters is 2. The van der Waals surface area contributed by atoms with E-state index in [1.54, 1.807) is 24.3 Å². The van der Waals surface area contributed by atoms with Crippen molar-refractivity contribution in [2.45, 2.75) is 30.8 Å². The molecule has 3 aliphatic heterocycles. The fourth-order valence-corrected chi connectivity index (χ4v) is 8.58. The van der Waals surface area contributed by atoms with Crippen molar-refractivity contribution in [3.05, 3.63) is 97.1 Å². The van der Waals surface area contributed by atoms with E-state index in [4.69, 9.17) is 23.7 Å². The van der Waals surface area contributed by atoms with Crippen LogP contribution < -0.4 is 9.47 Å². The van der Waals surface area contributed by atoms with Crippen LogP contribution in [0.3, 0.4) is 0 Å². The van der Waals surface area contributed by atoms with Gasteiger partial charge in [0.1, 0.15) is 23.4 Å². The second kappa shape index (κ2) is 9.61. The number of ether oxygens (including phenoxy) is 5. The van der Waals surface area contributed by atoms with E-state index in [0.29, 0.717) is 17.9 Å². The topological polar surface area (TPSA) is 80.3 Å². The highest BCUT2D eigenvalue weighted by molar-refractivity contribution is 7.50. The van der Waals surface area contributed by atoms with E-state index in [-0.39, 0.29) is 41.2 Å². The molecule has 2 bridgehead atoms. The minimum Gasteiger partial charge on any atom is -0.482 e. The lowest BCUT2D eigenvalue weighted by molar-refractivity contribution is -0.162. The Balaban J connectivity index is 0.904. The lowest BCUT2D eigenvalue weighted by Crippen LogP contribution is -2.40. The van der Waals surface area contributed by atoms with Gasteiger partial charge in [-0.15, -0.1) is 0 Å². The van der Waals surface area contributed by atoms with Gasteiger partial charge >= 0.3 is 11.9 Å². The Kier molecular flexibility index (Phi) is 5.72. The Hall–Kier alpha value is -4.40. The van der Waals surface area contributed by atoms with Gasteiger partial charge in [-0.3, -0.25) is 4.79 Å². The van der Waals surface area contributed by atoms with Crippen LogP contribution in [0, 0.1) is 5.92 Å². The summed E-state index contributed by atoms with van der Waals surface area (Å²) in [7, 11) is -0.148. The summed E-state index contributed by atoms with van der Waals surface area (Å²) < 4.78 is 31.0. The lowest BCUT2D eigenvalue weighted by Gasteiger charge is -2.22. The van der Waals surface area contributed by atoms with Crippen LogP contribution in [-0.2, 0) is 23.8 Å². The Morgan fingerprint density at radius 2 is 1.39 bits per heavy atom. The molecule has 3 fully saturated rings. The number of hydrogen-bond acceptors (Lipinski definition) is 7. The quantitative estimate of drug-likeness (QED) is 0.164. The number of hydrogen-bond donors (Lipinski definition) is 0. The van der Waals surface area contributed by atoms with Gasteiger partial charge in [-0.05, 0) is 67.1 Å². The van der Waals surface area contributed by atoms with Crippen LogP contribution in [0.15, 0.2) is 97.1 Å². The van der Waals surface area contributed by atoms with E-state index in [9.17, 15) is 9.59 Å². The molecule has 0 radical (unpaired) electrons. The van der Waals surface area contributed by atoms with E-state index in [1.165, 1.54) is 25.1 Å². The fraction of sp³-hybridized carbons (Fsp3) is 0.212. The van der Waals surface area contributed by atoms with Crippen molar-refractivity contribution < 1.29 is 33.3 Å². The molecule has 1 aromatic heterocycles. The first-order valence-electron chi connectivity index (χ1n) is 13.6. The molecule has 3 saturated heterocycles. The van der Waals surface area contributed by atoms with Crippen LogP contribution >= 0.6 is 10.5 Å². The Morgan fingerprint density at radius 3 is 2.07 bits per heavy atom. The van der Waals surface area contributed by atoms with Crippen LogP contribution in [0.1, 0.15) is 6.42 Å². The van der Waals surface area contributed by atoms with Gasteiger partial charge in [0.2, 0.25) is 0 Å². The maximum atomic E-state index is 12.4. The van der Waals surface area contributed by atoms with E-state index >= 15 is 0 Å². The van der Waals surface area contributed by atoms with E-state index in [2.05, 4.69) is 60.7 Å². The summed E-state index contributed by atoms with van der Waals surface area (Å²) in [4.78, 5) is 25.5. The van der Waals surface area contributed by atoms with E-state index < -0.39 is 18.2 Å². The fourth-order valence-electron chi connectivity index (χ4n) is 6.20. The van der Waals surface area contributed by atoms with Gasteiger partial charge in [0.05, 0.1) is 12.0 Å². The van der Waals surface area contributed by atoms with Gasteiger partial charge in [-0.25, -0.2) is 4.79 Å². The number of carbonyl (C=O) groups excluding carboxylic acids is 2. The summed E-state index contributed by atoms with van der Waals surface area (Å²) in [6.45, 7) is -0.256. The van der Waals surface area contributed by atoms with Crippen LogP contribution in [0.5, 0.6) is 17.2 Å². The number of rotatable bonds is 7. The molecule has 8 rings (SSSR count). The van der Waals surface area contributed by atoms with Gasteiger partial charge in [0, 0.05) is 33.4 Å². The largest absolute Gasteiger partial charge is 0.482 e. The van der Waals surface area contributed by atoms with Crippen LogP contribution in [0.4, 0.5) is 0 Å². The summed E-state index contributed by atoms with van der Waals surface area (Å²) in [6, 6.07) is 32.6. The second-order valence-electron chi connectivity index (χ2n) is 10.5. The highest BCUT2D eigenvalue weighted by Gasteiger charge is 2.65. The molecular formula is C33H25O7S+. The molecule has 41 heavy (non-hydrogen) atoms. The molecule has 0 aliphatic carbocycles. The van der Waals surface area contributed by atoms with Crippen molar-refractivity contribution in [1.29, 1.82) is 0 Å². The zero-order valence-corrected chi connectivity index (χ0v) is 22.6. The predicted molar refractivity (Wildman–Crippen MR) is 154 cm³/mol. The highest BCUT2D eigenvalue weighted by atomic mass is 32.2. The maximum absolute atomic E-state index is 12.4. The molecular weight excluding hydrogens is 540 g/mol. The SMILES string of the molecule is O=C(COc1ccc(Oc2ccc(-[s+]3c4ccccc4c4ccccc43)cc2)cc1)O[C@@H]1C2CC3C(=O)OC1C3O2. The Labute approximate surface area is 238 Å². The first-order chi connectivity index (χ1) is 20.1. The number of thiophene rings is 1. The van der Waals surface area contributed by atoms with Gasteiger partial charge in [0.15, 0.2) is 33.1 Å². The molecule has 0 N–H and O–H groups in total. The summed E-state index contributed by atoms with van der Waals surface area (Å²) >= 11 is 0. The monoisotopic (exact) mass is 565 g/mol. The zero-order valence-electron chi connectivity index (χ0n) is 21.8. The summed E-state index contributed by atoms with van der Waals surface area (Å²) in [5, 5.41) is 2.61. The van der Waals surface area contributed by atoms with Gasteiger partial charge < -0.3 is 23.7 Å². The predicted octanol–water partition coefficient (Wildman–Crippen LogP) is 6.53. The molecule has 4 aromatic carbocycles. The lowest BCUT2D eigenvalue weighted by atomic mass is 9.88. The summed E-state index contributed by atoms with van der Waals surface area (Å²) in [6.07, 6.45) is -1.13. The van der Waals surface area contributed by atoms with Crippen molar-refractivity contribution in [2.75, 3.05) is 6.61 Å².